The molecule has 0 radical (unpaired) electrons. The Morgan fingerprint density at radius 2 is 1.72 bits per heavy atom. The molecular formula is C23H29N5S. The van der Waals surface area contributed by atoms with Crippen molar-refractivity contribution in [3.63, 3.8) is 0 Å². The zero-order valence-corrected chi connectivity index (χ0v) is 18.1. The van der Waals surface area contributed by atoms with Crippen molar-refractivity contribution in [1.82, 2.24) is 24.2 Å². The van der Waals surface area contributed by atoms with Gasteiger partial charge in [0.2, 0.25) is 4.77 Å². The smallest absolute Gasteiger partial charge is 0.204 e. The molecule has 1 aliphatic rings. The summed E-state index contributed by atoms with van der Waals surface area (Å²) in [5, 5.41) is 4.97. The van der Waals surface area contributed by atoms with Crippen molar-refractivity contribution in [3.05, 3.63) is 59.1 Å². The highest BCUT2D eigenvalue weighted by atomic mass is 32.1. The summed E-state index contributed by atoms with van der Waals surface area (Å²) in [6.45, 7) is 6.07. The van der Waals surface area contributed by atoms with Crippen LogP contribution >= 0.6 is 12.2 Å². The highest BCUT2D eigenvalue weighted by Crippen LogP contribution is 2.25. The van der Waals surface area contributed by atoms with Gasteiger partial charge in [0, 0.05) is 29.7 Å². The molecule has 2 heterocycles. The quantitative estimate of drug-likeness (QED) is 0.514. The highest BCUT2D eigenvalue weighted by Gasteiger charge is 2.22. The minimum absolute atomic E-state index is 0.629. The monoisotopic (exact) mass is 407 g/mol. The zero-order valence-electron chi connectivity index (χ0n) is 17.3. The minimum atomic E-state index is 0.629. The maximum Gasteiger partial charge on any atom is 0.204 e. The van der Waals surface area contributed by atoms with Crippen molar-refractivity contribution in [3.8, 4) is 17.1 Å². The van der Waals surface area contributed by atoms with E-state index in [0.717, 1.165) is 35.1 Å². The first-order valence-corrected chi connectivity index (χ1v) is 11.0. The van der Waals surface area contributed by atoms with Gasteiger partial charge in [-0.25, -0.2) is 4.68 Å². The van der Waals surface area contributed by atoms with E-state index in [2.05, 4.69) is 52.6 Å². The lowest BCUT2D eigenvalue weighted by molar-refractivity contribution is 0.119. The van der Waals surface area contributed by atoms with Crippen LogP contribution in [-0.4, -0.2) is 36.8 Å². The molecule has 0 bridgehead atoms. The van der Waals surface area contributed by atoms with Crippen LogP contribution in [0.3, 0.4) is 0 Å². The van der Waals surface area contributed by atoms with Gasteiger partial charge < -0.3 is 0 Å². The van der Waals surface area contributed by atoms with Gasteiger partial charge >= 0.3 is 0 Å². The molecule has 0 atom stereocenters. The second kappa shape index (κ2) is 9.01. The summed E-state index contributed by atoms with van der Waals surface area (Å²) < 4.78 is 4.80. The predicted octanol–water partition coefficient (Wildman–Crippen LogP) is 5.39. The van der Waals surface area contributed by atoms with Gasteiger partial charge in [0.25, 0.3) is 0 Å². The first-order chi connectivity index (χ1) is 14.2. The summed E-state index contributed by atoms with van der Waals surface area (Å²) in [5.74, 6) is 0.862. The lowest BCUT2D eigenvalue weighted by atomic mass is 9.94. The van der Waals surface area contributed by atoms with Crippen LogP contribution in [-0.2, 0) is 6.67 Å². The van der Waals surface area contributed by atoms with E-state index in [0.29, 0.717) is 6.04 Å². The van der Waals surface area contributed by atoms with E-state index in [1.165, 1.54) is 37.7 Å². The van der Waals surface area contributed by atoms with Crippen molar-refractivity contribution in [2.45, 2.75) is 58.7 Å². The summed E-state index contributed by atoms with van der Waals surface area (Å²) in [6.07, 6.45) is 10.2. The number of rotatable bonds is 6. The third-order valence-electron chi connectivity index (χ3n) is 5.88. The van der Waals surface area contributed by atoms with Crippen LogP contribution in [0.1, 0.15) is 44.6 Å². The van der Waals surface area contributed by atoms with Crippen LogP contribution in [0.2, 0.25) is 0 Å². The summed E-state index contributed by atoms with van der Waals surface area (Å²) in [4.78, 5) is 6.68. The van der Waals surface area contributed by atoms with Crippen LogP contribution in [0.5, 0.6) is 0 Å². The molecule has 5 nitrogen and oxygen atoms in total. The van der Waals surface area contributed by atoms with Crippen molar-refractivity contribution < 1.29 is 0 Å². The van der Waals surface area contributed by atoms with Crippen LogP contribution in [0, 0.1) is 11.7 Å². The normalized spacial score (nSPS) is 15.1. The standard InChI is InChI=1S/C23H29N5S/c1-3-26(20-7-5-4-6-8-20)17-27-23(29)28(21-11-9-18(2)10-12-21)22(25-27)19-13-15-24-16-14-19/h9-16,20H,3-8,17H2,1-2H3. The Labute approximate surface area is 178 Å². The molecule has 0 amide bonds. The van der Waals surface area contributed by atoms with E-state index < -0.39 is 0 Å². The maximum atomic E-state index is 5.92. The fraction of sp³-hybridized carbons (Fsp3) is 0.435. The van der Waals surface area contributed by atoms with E-state index >= 15 is 0 Å². The average molecular weight is 408 g/mol. The Morgan fingerprint density at radius 3 is 2.38 bits per heavy atom. The molecule has 0 spiro atoms. The van der Waals surface area contributed by atoms with Gasteiger partial charge in [-0.1, -0.05) is 43.9 Å². The molecule has 2 aromatic heterocycles. The Bertz CT molecular complexity index is 984. The molecule has 152 valence electrons. The maximum absolute atomic E-state index is 5.92. The number of aromatic nitrogens is 4. The Morgan fingerprint density at radius 1 is 1.03 bits per heavy atom. The summed E-state index contributed by atoms with van der Waals surface area (Å²) in [6, 6.07) is 13.1. The van der Waals surface area contributed by atoms with Crippen LogP contribution in [0.15, 0.2) is 48.8 Å². The molecule has 29 heavy (non-hydrogen) atoms. The Hall–Kier alpha value is -2.31. The van der Waals surface area contributed by atoms with Crippen molar-refractivity contribution in [2.24, 2.45) is 0 Å². The fourth-order valence-corrected chi connectivity index (χ4v) is 4.50. The topological polar surface area (TPSA) is 38.9 Å². The molecule has 6 heteroatoms. The molecule has 3 aromatic rings. The summed E-state index contributed by atoms with van der Waals surface area (Å²) >= 11 is 5.92. The molecule has 1 fully saturated rings. The summed E-state index contributed by atoms with van der Waals surface area (Å²) in [7, 11) is 0. The van der Waals surface area contributed by atoms with Crippen LogP contribution in [0.25, 0.3) is 17.1 Å². The Kier molecular flexibility index (Phi) is 6.21. The SMILES string of the molecule is CCN(Cn1nc(-c2ccncc2)n(-c2ccc(C)cc2)c1=S)C1CCCCC1. The second-order valence-corrected chi connectivity index (χ2v) is 8.22. The zero-order chi connectivity index (χ0) is 20.2. The van der Waals surface area contributed by atoms with Crippen molar-refractivity contribution in [2.75, 3.05) is 6.54 Å². The fourth-order valence-electron chi connectivity index (χ4n) is 4.21. The predicted molar refractivity (Wildman–Crippen MR) is 120 cm³/mol. The lowest BCUT2D eigenvalue weighted by Gasteiger charge is -2.33. The highest BCUT2D eigenvalue weighted by molar-refractivity contribution is 7.71. The molecule has 0 unspecified atom stereocenters. The van der Waals surface area contributed by atoms with E-state index in [1.54, 1.807) is 12.4 Å². The number of pyridine rings is 1. The van der Waals surface area contributed by atoms with Gasteiger partial charge in [0.05, 0.1) is 6.67 Å². The molecule has 1 aromatic carbocycles. The van der Waals surface area contributed by atoms with Gasteiger partial charge in [-0.15, -0.1) is 5.10 Å². The molecule has 4 rings (SSSR count). The van der Waals surface area contributed by atoms with E-state index in [1.807, 2.05) is 16.8 Å². The van der Waals surface area contributed by atoms with E-state index in [9.17, 15) is 0 Å². The van der Waals surface area contributed by atoms with Crippen LogP contribution in [0.4, 0.5) is 0 Å². The second-order valence-electron chi connectivity index (χ2n) is 7.85. The van der Waals surface area contributed by atoms with Gasteiger partial charge in [0.1, 0.15) is 0 Å². The minimum Gasteiger partial charge on any atom is -0.282 e. The first kappa shape index (κ1) is 20.0. The lowest BCUT2D eigenvalue weighted by Crippen LogP contribution is -2.38. The molecule has 0 N–H and O–H groups in total. The average Bonchev–Trinajstić information content (AvgIpc) is 3.10. The Balaban J connectivity index is 1.75. The number of benzene rings is 1. The third-order valence-corrected chi connectivity index (χ3v) is 6.28. The largest absolute Gasteiger partial charge is 0.282 e. The summed E-state index contributed by atoms with van der Waals surface area (Å²) in [5.41, 5.74) is 3.29. The van der Waals surface area contributed by atoms with Crippen LogP contribution < -0.4 is 0 Å². The molecule has 0 aliphatic heterocycles. The van der Waals surface area contributed by atoms with Crippen molar-refractivity contribution >= 4 is 12.2 Å². The first-order valence-electron chi connectivity index (χ1n) is 10.6. The van der Waals surface area contributed by atoms with Crippen molar-refractivity contribution in [1.29, 1.82) is 0 Å². The van der Waals surface area contributed by atoms with E-state index in [4.69, 9.17) is 17.3 Å². The number of aryl methyl sites for hydroxylation is 1. The molecule has 1 aliphatic carbocycles. The van der Waals surface area contributed by atoms with Gasteiger partial charge in [-0.05, 0) is 62.8 Å². The number of hydrogen-bond acceptors (Lipinski definition) is 4. The molecular weight excluding hydrogens is 378 g/mol. The number of hydrogen-bond donors (Lipinski definition) is 0. The van der Waals surface area contributed by atoms with Gasteiger partial charge in [-0.2, -0.15) is 0 Å². The molecule has 0 saturated heterocycles. The van der Waals surface area contributed by atoms with Gasteiger partial charge in [0.15, 0.2) is 5.82 Å². The van der Waals surface area contributed by atoms with Gasteiger partial charge in [-0.3, -0.25) is 14.5 Å². The third kappa shape index (κ3) is 4.33. The number of nitrogens with zero attached hydrogens (tertiary/aromatic N) is 5. The molecule has 1 saturated carbocycles. The van der Waals surface area contributed by atoms with E-state index in [-0.39, 0.29) is 0 Å².